The third-order valence-corrected chi connectivity index (χ3v) is 4.50. The molecule has 1 aromatic carbocycles. The van der Waals surface area contributed by atoms with E-state index in [1.165, 1.54) is 17.7 Å². The first-order valence-electron chi connectivity index (χ1n) is 6.94. The zero-order valence-corrected chi connectivity index (χ0v) is 11.8. The lowest BCUT2D eigenvalue weighted by molar-refractivity contribution is 0.0652. The summed E-state index contributed by atoms with van der Waals surface area (Å²) in [6.45, 7) is 4.16. The van der Waals surface area contributed by atoms with Crippen LogP contribution in [0, 0.1) is 13.8 Å². The van der Waals surface area contributed by atoms with Gasteiger partial charge < -0.3 is 9.88 Å². The Labute approximate surface area is 113 Å². The van der Waals surface area contributed by atoms with Gasteiger partial charge in [0.25, 0.3) is 5.91 Å². The van der Waals surface area contributed by atoms with Gasteiger partial charge in [0.15, 0.2) is 0 Å². The summed E-state index contributed by atoms with van der Waals surface area (Å²) in [4.78, 5) is 17.7. The number of aryl methyl sites for hydroxylation is 2. The van der Waals surface area contributed by atoms with E-state index in [0.717, 1.165) is 29.3 Å². The van der Waals surface area contributed by atoms with E-state index in [9.17, 15) is 4.79 Å². The first-order valence-corrected chi connectivity index (χ1v) is 6.94. The SMILES string of the molecule is Cc1[nH]c2ccc(C(=O)N(C)C3CCC3)cc2c1C. The Bertz CT molecular complexity index is 637. The lowest BCUT2D eigenvalue weighted by Gasteiger charge is -2.34. The van der Waals surface area contributed by atoms with Crippen molar-refractivity contribution in [1.82, 2.24) is 9.88 Å². The Balaban J connectivity index is 1.95. The van der Waals surface area contributed by atoms with Crippen molar-refractivity contribution >= 4 is 16.8 Å². The van der Waals surface area contributed by atoms with Gasteiger partial charge in [0, 0.05) is 35.2 Å². The number of nitrogens with one attached hydrogen (secondary N) is 1. The fourth-order valence-electron chi connectivity index (χ4n) is 2.74. The van der Waals surface area contributed by atoms with E-state index >= 15 is 0 Å². The Morgan fingerprint density at radius 1 is 1.32 bits per heavy atom. The van der Waals surface area contributed by atoms with Gasteiger partial charge in [0.2, 0.25) is 0 Å². The topological polar surface area (TPSA) is 36.1 Å². The van der Waals surface area contributed by atoms with Gasteiger partial charge in [0.05, 0.1) is 0 Å². The first-order chi connectivity index (χ1) is 9.08. The predicted molar refractivity (Wildman–Crippen MR) is 77.5 cm³/mol. The summed E-state index contributed by atoms with van der Waals surface area (Å²) in [5.74, 6) is 0.143. The van der Waals surface area contributed by atoms with Crippen LogP contribution in [0.5, 0.6) is 0 Å². The number of benzene rings is 1. The summed E-state index contributed by atoms with van der Waals surface area (Å²) in [5, 5.41) is 1.16. The number of hydrogen-bond acceptors (Lipinski definition) is 1. The fraction of sp³-hybridized carbons (Fsp3) is 0.438. The number of nitrogens with zero attached hydrogens (tertiary/aromatic N) is 1. The van der Waals surface area contributed by atoms with Crippen molar-refractivity contribution in [3.8, 4) is 0 Å². The minimum Gasteiger partial charge on any atom is -0.358 e. The number of rotatable bonds is 2. The summed E-state index contributed by atoms with van der Waals surface area (Å²) in [6.07, 6.45) is 3.54. The third kappa shape index (κ3) is 1.93. The molecule has 1 N–H and O–H groups in total. The number of carbonyl (C=O) groups is 1. The molecule has 1 fully saturated rings. The van der Waals surface area contributed by atoms with Crippen molar-refractivity contribution in [2.45, 2.75) is 39.2 Å². The van der Waals surface area contributed by atoms with Gasteiger partial charge in [-0.25, -0.2) is 0 Å². The van der Waals surface area contributed by atoms with E-state index in [1.807, 2.05) is 30.1 Å². The van der Waals surface area contributed by atoms with Crippen molar-refractivity contribution in [2.75, 3.05) is 7.05 Å². The summed E-state index contributed by atoms with van der Waals surface area (Å²) in [6, 6.07) is 6.40. The minimum absolute atomic E-state index is 0.143. The second-order valence-corrected chi connectivity index (χ2v) is 5.64. The summed E-state index contributed by atoms with van der Waals surface area (Å²) in [7, 11) is 1.92. The molecule has 0 radical (unpaired) electrons. The van der Waals surface area contributed by atoms with Crippen LogP contribution in [0.2, 0.25) is 0 Å². The number of fused-ring (bicyclic) bond motifs is 1. The zero-order chi connectivity index (χ0) is 13.6. The number of amides is 1. The minimum atomic E-state index is 0.143. The molecule has 1 aromatic heterocycles. The molecule has 1 aliphatic carbocycles. The van der Waals surface area contributed by atoms with Crippen molar-refractivity contribution < 1.29 is 4.79 Å². The third-order valence-electron chi connectivity index (χ3n) is 4.50. The molecule has 1 aliphatic rings. The molecule has 0 atom stereocenters. The maximum absolute atomic E-state index is 12.5. The molecule has 3 rings (SSSR count). The van der Waals surface area contributed by atoms with Crippen molar-refractivity contribution in [3.63, 3.8) is 0 Å². The highest BCUT2D eigenvalue weighted by molar-refractivity contribution is 5.99. The second kappa shape index (κ2) is 4.41. The van der Waals surface area contributed by atoms with E-state index in [-0.39, 0.29) is 5.91 Å². The number of carbonyl (C=O) groups excluding carboxylic acids is 1. The van der Waals surface area contributed by atoms with Crippen LogP contribution in [0.25, 0.3) is 10.9 Å². The highest BCUT2D eigenvalue weighted by Crippen LogP contribution is 2.27. The van der Waals surface area contributed by atoms with Gasteiger partial charge in [-0.3, -0.25) is 4.79 Å². The Kier molecular flexibility index (Phi) is 2.85. The molecule has 0 spiro atoms. The van der Waals surface area contributed by atoms with E-state index in [0.29, 0.717) is 6.04 Å². The molecule has 1 heterocycles. The van der Waals surface area contributed by atoms with Gasteiger partial charge in [-0.2, -0.15) is 0 Å². The normalized spacial score (nSPS) is 15.5. The predicted octanol–water partition coefficient (Wildman–Crippen LogP) is 3.41. The van der Waals surface area contributed by atoms with Crippen molar-refractivity contribution in [1.29, 1.82) is 0 Å². The lowest BCUT2D eigenvalue weighted by Crippen LogP contribution is -2.41. The fourth-order valence-corrected chi connectivity index (χ4v) is 2.74. The first kappa shape index (κ1) is 12.3. The number of H-pyrrole nitrogens is 1. The number of hydrogen-bond donors (Lipinski definition) is 1. The van der Waals surface area contributed by atoms with E-state index in [1.54, 1.807) is 0 Å². The summed E-state index contributed by atoms with van der Waals surface area (Å²) < 4.78 is 0. The monoisotopic (exact) mass is 256 g/mol. The number of aromatic amines is 1. The van der Waals surface area contributed by atoms with E-state index in [2.05, 4.69) is 18.8 Å². The maximum Gasteiger partial charge on any atom is 0.253 e. The van der Waals surface area contributed by atoms with Crippen LogP contribution in [0.1, 0.15) is 40.9 Å². The van der Waals surface area contributed by atoms with E-state index < -0.39 is 0 Å². The molecule has 19 heavy (non-hydrogen) atoms. The Hall–Kier alpha value is -1.77. The molecule has 3 heteroatoms. The molecule has 1 amide bonds. The van der Waals surface area contributed by atoms with Gasteiger partial charge in [-0.15, -0.1) is 0 Å². The molecule has 1 saturated carbocycles. The van der Waals surface area contributed by atoms with Crippen LogP contribution < -0.4 is 0 Å². The molecule has 0 unspecified atom stereocenters. The highest BCUT2D eigenvalue weighted by atomic mass is 16.2. The quantitative estimate of drug-likeness (QED) is 0.878. The molecular formula is C16H20N2O. The standard InChI is InChI=1S/C16H20N2O/c1-10-11(2)17-15-8-7-12(9-14(10)15)16(19)18(3)13-5-4-6-13/h7-9,13,17H,4-6H2,1-3H3. The van der Waals surface area contributed by atoms with Crippen molar-refractivity contribution in [3.05, 3.63) is 35.0 Å². The molecule has 0 bridgehead atoms. The molecule has 3 nitrogen and oxygen atoms in total. The van der Waals surface area contributed by atoms with Crippen LogP contribution in [-0.4, -0.2) is 28.9 Å². The molecule has 2 aromatic rings. The van der Waals surface area contributed by atoms with Gasteiger partial charge in [-0.1, -0.05) is 0 Å². The van der Waals surface area contributed by atoms with Crippen LogP contribution in [0.15, 0.2) is 18.2 Å². The Morgan fingerprint density at radius 3 is 2.68 bits per heavy atom. The summed E-state index contributed by atoms with van der Waals surface area (Å²) in [5.41, 5.74) is 4.31. The van der Waals surface area contributed by atoms with Gasteiger partial charge >= 0.3 is 0 Å². The number of aromatic nitrogens is 1. The average Bonchev–Trinajstić information content (AvgIpc) is 2.62. The lowest BCUT2D eigenvalue weighted by atomic mass is 9.91. The average molecular weight is 256 g/mol. The van der Waals surface area contributed by atoms with Crippen LogP contribution in [0.4, 0.5) is 0 Å². The van der Waals surface area contributed by atoms with Gasteiger partial charge in [-0.05, 0) is 56.9 Å². The summed E-state index contributed by atoms with van der Waals surface area (Å²) >= 11 is 0. The molecule has 0 saturated heterocycles. The molecule has 0 aliphatic heterocycles. The largest absolute Gasteiger partial charge is 0.358 e. The van der Waals surface area contributed by atoms with E-state index in [4.69, 9.17) is 0 Å². The van der Waals surface area contributed by atoms with Crippen molar-refractivity contribution in [2.24, 2.45) is 0 Å². The van der Waals surface area contributed by atoms with Gasteiger partial charge in [0.1, 0.15) is 0 Å². The maximum atomic E-state index is 12.5. The second-order valence-electron chi connectivity index (χ2n) is 5.64. The molecule has 100 valence electrons. The van der Waals surface area contributed by atoms with Crippen LogP contribution in [-0.2, 0) is 0 Å². The highest BCUT2D eigenvalue weighted by Gasteiger charge is 2.26. The van der Waals surface area contributed by atoms with Crippen LogP contribution >= 0.6 is 0 Å². The van der Waals surface area contributed by atoms with Crippen LogP contribution in [0.3, 0.4) is 0 Å². The zero-order valence-electron chi connectivity index (χ0n) is 11.8. The Morgan fingerprint density at radius 2 is 2.05 bits per heavy atom. The smallest absolute Gasteiger partial charge is 0.253 e. The molecular weight excluding hydrogens is 236 g/mol.